The molecule has 8 heteroatoms. The van der Waals surface area contributed by atoms with Gasteiger partial charge in [-0.2, -0.15) is 0 Å². The normalized spacial score (nSPS) is 12.5. The van der Waals surface area contributed by atoms with E-state index >= 15 is 0 Å². The van der Waals surface area contributed by atoms with Crippen LogP contribution < -0.4 is 5.32 Å². The second-order valence-electron chi connectivity index (χ2n) is 9.69. The molecule has 0 saturated carbocycles. The first-order valence-corrected chi connectivity index (χ1v) is 11.8. The molecule has 0 bridgehead atoms. The number of aromatic nitrogens is 2. The minimum atomic E-state index is -0.628. The van der Waals surface area contributed by atoms with Crippen molar-refractivity contribution in [2.24, 2.45) is 5.41 Å². The summed E-state index contributed by atoms with van der Waals surface area (Å²) in [5.74, 6) is -0.996. The number of hydrogen-bond donors (Lipinski definition) is 2. The standard InChI is InChI=1S/C27H34F2N4O2/c1-27(2,3)25(33(24(35)18-34)14-8-13-30-4)26-31-23(21-15-20(28)11-12-22(21)29)17-32(26)16-19-9-6-5-7-10-19/h5-7,9-12,15,17,25,30,34H,8,13-14,16,18H2,1-4H3/t25-/m0/s1. The van der Waals surface area contributed by atoms with Crippen LogP contribution in [0, 0.1) is 17.0 Å². The summed E-state index contributed by atoms with van der Waals surface area (Å²) in [6.45, 7) is 6.90. The lowest BCUT2D eigenvalue weighted by atomic mass is 9.84. The summed E-state index contributed by atoms with van der Waals surface area (Å²) in [5, 5.41) is 12.8. The largest absolute Gasteiger partial charge is 0.387 e. The molecule has 188 valence electrons. The van der Waals surface area contributed by atoms with Crippen LogP contribution in [0.1, 0.15) is 44.6 Å². The van der Waals surface area contributed by atoms with E-state index in [2.05, 4.69) is 5.32 Å². The lowest BCUT2D eigenvalue weighted by Gasteiger charge is -2.40. The molecule has 0 radical (unpaired) electrons. The van der Waals surface area contributed by atoms with Crippen LogP contribution in [0.4, 0.5) is 8.78 Å². The molecular formula is C27H34F2N4O2. The van der Waals surface area contributed by atoms with Crippen molar-refractivity contribution in [1.29, 1.82) is 0 Å². The summed E-state index contributed by atoms with van der Waals surface area (Å²) < 4.78 is 30.6. The van der Waals surface area contributed by atoms with Crippen LogP contribution in [-0.4, -0.2) is 52.2 Å². The number of aliphatic hydroxyl groups excluding tert-OH is 1. The van der Waals surface area contributed by atoms with Gasteiger partial charge in [0.2, 0.25) is 5.91 Å². The van der Waals surface area contributed by atoms with Crippen LogP contribution in [0.5, 0.6) is 0 Å². The molecule has 1 heterocycles. The van der Waals surface area contributed by atoms with Crippen LogP contribution in [0.2, 0.25) is 0 Å². The van der Waals surface area contributed by atoms with Gasteiger partial charge in [-0.05, 0) is 49.2 Å². The van der Waals surface area contributed by atoms with Crippen molar-refractivity contribution >= 4 is 5.91 Å². The van der Waals surface area contributed by atoms with Gasteiger partial charge in [-0.15, -0.1) is 0 Å². The number of amides is 1. The number of rotatable bonds is 10. The Labute approximate surface area is 205 Å². The zero-order chi connectivity index (χ0) is 25.6. The summed E-state index contributed by atoms with van der Waals surface area (Å²) in [6.07, 6.45) is 2.38. The van der Waals surface area contributed by atoms with Crippen LogP contribution in [0.25, 0.3) is 11.3 Å². The van der Waals surface area contributed by atoms with Gasteiger partial charge in [0, 0.05) is 24.8 Å². The monoisotopic (exact) mass is 484 g/mol. The van der Waals surface area contributed by atoms with Crippen molar-refractivity contribution in [2.45, 2.75) is 39.8 Å². The highest BCUT2D eigenvalue weighted by molar-refractivity contribution is 5.77. The molecule has 2 aromatic carbocycles. The quantitative estimate of drug-likeness (QED) is 0.419. The minimum absolute atomic E-state index is 0.0564. The number of benzene rings is 2. The van der Waals surface area contributed by atoms with Crippen molar-refractivity contribution in [3.8, 4) is 11.3 Å². The Bertz CT molecular complexity index is 1130. The van der Waals surface area contributed by atoms with E-state index < -0.39 is 35.6 Å². The van der Waals surface area contributed by atoms with Crippen LogP contribution in [0.15, 0.2) is 54.7 Å². The molecule has 2 N–H and O–H groups in total. The SMILES string of the molecule is CNCCCN(C(=O)CO)[C@@H](c1nc(-c2cc(F)ccc2F)cn1Cc1ccccc1)C(C)(C)C. The third kappa shape index (κ3) is 6.52. The molecule has 6 nitrogen and oxygen atoms in total. The van der Waals surface area contributed by atoms with Crippen LogP contribution >= 0.6 is 0 Å². The second-order valence-corrected chi connectivity index (χ2v) is 9.69. The Kier molecular flexibility index (Phi) is 8.75. The Balaban J connectivity index is 2.18. The lowest BCUT2D eigenvalue weighted by Crippen LogP contribution is -2.44. The molecule has 1 atom stereocenters. The van der Waals surface area contributed by atoms with E-state index in [1.165, 1.54) is 0 Å². The fourth-order valence-electron chi connectivity index (χ4n) is 4.29. The van der Waals surface area contributed by atoms with Crippen molar-refractivity contribution in [3.05, 3.63) is 77.8 Å². The molecule has 1 aromatic heterocycles. The van der Waals surface area contributed by atoms with Crippen molar-refractivity contribution < 1.29 is 18.7 Å². The first-order valence-electron chi connectivity index (χ1n) is 11.8. The number of aliphatic hydroxyl groups is 1. The Morgan fingerprint density at radius 2 is 1.89 bits per heavy atom. The van der Waals surface area contributed by atoms with Gasteiger partial charge in [0.25, 0.3) is 0 Å². The maximum atomic E-state index is 14.7. The number of carbonyl (C=O) groups is 1. The molecule has 0 fully saturated rings. The Hall–Kier alpha value is -3.10. The summed E-state index contributed by atoms with van der Waals surface area (Å²) in [6, 6.07) is 12.5. The third-order valence-electron chi connectivity index (χ3n) is 5.87. The van der Waals surface area contributed by atoms with Gasteiger partial charge in [-0.25, -0.2) is 13.8 Å². The number of imidazole rings is 1. The third-order valence-corrected chi connectivity index (χ3v) is 5.87. The maximum absolute atomic E-state index is 14.7. The smallest absolute Gasteiger partial charge is 0.248 e. The van der Waals surface area contributed by atoms with Crippen molar-refractivity contribution in [1.82, 2.24) is 19.8 Å². The number of halogens is 2. The molecule has 3 aromatic rings. The molecule has 3 rings (SSSR count). The lowest BCUT2D eigenvalue weighted by molar-refractivity contribution is -0.139. The maximum Gasteiger partial charge on any atom is 0.248 e. The molecule has 35 heavy (non-hydrogen) atoms. The number of nitrogens with zero attached hydrogens (tertiary/aromatic N) is 3. The van der Waals surface area contributed by atoms with E-state index in [-0.39, 0.29) is 11.3 Å². The molecule has 0 saturated heterocycles. The topological polar surface area (TPSA) is 70.4 Å². The van der Waals surface area contributed by atoms with Crippen molar-refractivity contribution in [2.75, 3.05) is 26.7 Å². The molecule has 0 unspecified atom stereocenters. The highest BCUT2D eigenvalue weighted by Gasteiger charge is 2.38. The van der Waals surface area contributed by atoms with Gasteiger partial charge in [0.05, 0.1) is 11.7 Å². The first-order chi connectivity index (χ1) is 16.7. The van der Waals surface area contributed by atoms with Gasteiger partial charge in [-0.3, -0.25) is 4.79 Å². The number of carbonyl (C=O) groups excluding carboxylic acids is 1. The summed E-state index contributed by atoms with van der Waals surface area (Å²) in [7, 11) is 1.84. The average molecular weight is 485 g/mol. The van der Waals surface area contributed by atoms with E-state index in [1.807, 2.05) is 62.7 Å². The van der Waals surface area contributed by atoms with Gasteiger partial charge in [-0.1, -0.05) is 51.1 Å². The molecule has 1 amide bonds. The zero-order valence-electron chi connectivity index (χ0n) is 20.8. The van der Waals surface area contributed by atoms with E-state index in [4.69, 9.17) is 4.98 Å². The minimum Gasteiger partial charge on any atom is -0.387 e. The summed E-state index contributed by atoms with van der Waals surface area (Å²) in [4.78, 5) is 19.3. The number of hydrogen-bond acceptors (Lipinski definition) is 4. The zero-order valence-corrected chi connectivity index (χ0v) is 20.8. The molecule has 0 spiro atoms. The van der Waals surface area contributed by atoms with E-state index in [0.29, 0.717) is 31.9 Å². The van der Waals surface area contributed by atoms with Gasteiger partial charge < -0.3 is 19.9 Å². The Morgan fingerprint density at radius 3 is 2.51 bits per heavy atom. The fourth-order valence-corrected chi connectivity index (χ4v) is 4.29. The van der Waals surface area contributed by atoms with Crippen LogP contribution in [0.3, 0.4) is 0 Å². The highest BCUT2D eigenvalue weighted by atomic mass is 19.1. The molecule has 0 aliphatic heterocycles. The average Bonchev–Trinajstić information content (AvgIpc) is 3.22. The predicted molar refractivity (Wildman–Crippen MR) is 133 cm³/mol. The first kappa shape index (κ1) is 26.5. The van der Waals surface area contributed by atoms with Crippen LogP contribution in [-0.2, 0) is 11.3 Å². The van der Waals surface area contributed by atoms with E-state index in [1.54, 1.807) is 11.1 Å². The fraction of sp³-hybridized carbons (Fsp3) is 0.407. The van der Waals surface area contributed by atoms with E-state index in [9.17, 15) is 18.7 Å². The van der Waals surface area contributed by atoms with Gasteiger partial charge in [0.15, 0.2) is 0 Å². The molecule has 0 aliphatic carbocycles. The predicted octanol–water partition coefficient (Wildman–Crippen LogP) is 4.39. The van der Waals surface area contributed by atoms with E-state index in [0.717, 1.165) is 23.8 Å². The molecular weight excluding hydrogens is 450 g/mol. The van der Waals surface area contributed by atoms with Gasteiger partial charge >= 0.3 is 0 Å². The highest BCUT2D eigenvalue weighted by Crippen LogP contribution is 2.39. The second kappa shape index (κ2) is 11.6. The van der Waals surface area contributed by atoms with Gasteiger partial charge in [0.1, 0.15) is 24.1 Å². The van der Waals surface area contributed by atoms with Crippen molar-refractivity contribution in [3.63, 3.8) is 0 Å². The Morgan fingerprint density at radius 1 is 1.17 bits per heavy atom. The molecule has 0 aliphatic rings. The summed E-state index contributed by atoms with van der Waals surface area (Å²) >= 11 is 0. The number of nitrogens with one attached hydrogen (secondary N) is 1. The summed E-state index contributed by atoms with van der Waals surface area (Å²) in [5.41, 5.74) is 0.872.